The van der Waals surface area contributed by atoms with Crippen LogP contribution in [0.1, 0.15) is 25.0 Å². The van der Waals surface area contributed by atoms with Crippen LogP contribution in [0.25, 0.3) is 0 Å². The van der Waals surface area contributed by atoms with Gasteiger partial charge in [-0.25, -0.2) is 4.39 Å². The van der Waals surface area contributed by atoms with Gasteiger partial charge in [-0.05, 0) is 37.7 Å². The molecule has 6 heteroatoms. The highest BCUT2D eigenvalue weighted by molar-refractivity contribution is 5.27. The van der Waals surface area contributed by atoms with Crippen molar-refractivity contribution >= 4 is 0 Å². The van der Waals surface area contributed by atoms with E-state index >= 15 is 0 Å². The fraction of sp³-hybridized carbons (Fsp3) is 0.600. The number of halogens is 4. The number of benzene rings is 1. The molecule has 1 rings (SSSR count). The Labute approximate surface area is 123 Å². The number of likely N-dealkylation sites (N-methyl/N-ethyl adjacent to an activating group) is 1. The maximum Gasteiger partial charge on any atom is 0.416 e. The molecule has 0 aliphatic heterocycles. The van der Waals surface area contributed by atoms with Gasteiger partial charge >= 0.3 is 6.18 Å². The standard InChI is InChI=1S/C15H22F4N2/c1-11(2)9-20-6-7-21(3)10-12-8-13(15(17,18)19)4-5-14(12)16/h4-5,8,11,20H,6-7,9-10H2,1-3H3. The molecule has 0 saturated heterocycles. The van der Waals surface area contributed by atoms with E-state index in [1.165, 1.54) is 0 Å². The topological polar surface area (TPSA) is 15.3 Å². The van der Waals surface area contributed by atoms with Gasteiger partial charge in [-0.15, -0.1) is 0 Å². The molecule has 0 spiro atoms. The lowest BCUT2D eigenvalue weighted by Gasteiger charge is -2.19. The van der Waals surface area contributed by atoms with Crippen molar-refractivity contribution < 1.29 is 17.6 Å². The minimum atomic E-state index is -4.44. The van der Waals surface area contributed by atoms with Crippen LogP contribution in [0.3, 0.4) is 0 Å². The van der Waals surface area contributed by atoms with Crippen LogP contribution >= 0.6 is 0 Å². The fourth-order valence-electron chi connectivity index (χ4n) is 1.90. The Hall–Kier alpha value is -1.14. The highest BCUT2D eigenvalue weighted by atomic mass is 19.4. The third-order valence-corrected chi connectivity index (χ3v) is 3.04. The van der Waals surface area contributed by atoms with Crippen molar-refractivity contribution in [3.63, 3.8) is 0 Å². The van der Waals surface area contributed by atoms with E-state index in [1.54, 1.807) is 11.9 Å². The van der Waals surface area contributed by atoms with Crippen LogP contribution in [-0.2, 0) is 12.7 Å². The zero-order valence-corrected chi connectivity index (χ0v) is 12.6. The molecule has 0 aromatic heterocycles. The van der Waals surface area contributed by atoms with Crippen LogP contribution in [0.2, 0.25) is 0 Å². The number of hydrogen-bond donors (Lipinski definition) is 1. The summed E-state index contributed by atoms with van der Waals surface area (Å²) >= 11 is 0. The normalized spacial score (nSPS) is 12.4. The molecular weight excluding hydrogens is 284 g/mol. The van der Waals surface area contributed by atoms with E-state index in [0.717, 1.165) is 31.3 Å². The number of alkyl halides is 3. The molecule has 120 valence electrons. The highest BCUT2D eigenvalue weighted by Crippen LogP contribution is 2.30. The Bertz CT molecular complexity index is 444. The first kappa shape index (κ1) is 17.9. The summed E-state index contributed by atoms with van der Waals surface area (Å²) in [5, 5.41) is 3.24. The zero-order valence-electron chi connectivity index (χ0n) is 12.6. The van der Waals surface area contributed by atoms with Gasteiger partial charge in [0.2, 0.25) is 0 Å². The molecule has 1 N–H and O–H groups in total. The van der Waals surface area contributed by atoms with Gasteiger partial charge in [-0.1, -0.05) is 13.8 Å². The quantitative estimate of drug-likeness (QED) is 0.612. The maximum atomic E-state index is 13.6. The van der Waals surface area contributed by atoms with Gasteiger partial charge < -0.3 is 10.2 Å². The molecule has 0 aliphatic carbocycles. The van der Waals surface area contributed by atoms with Gasteiger partial charge in [0.25, 0.3) is 0 Å². The van der Waals surface area contributed by atoms with Crippen molar-refractivity contribution in [2.45, 2.75) is 26.6 Å². The van der Waals surface area contributed by atoms with E-state index in [-0.39, 0.29) is 12.1 Å². The van der Waals surface area contributed by atoms with E-state index in [0.29, 0.717) is 12.5 Å². The van der Waals surface area contributed by atoms with E-state index in [9.17, 15) is 17.6 Å². The highest BCUT2D eigenvalue weighted by Gasteiger charge is 2.31. The third kappa shape index (κ3) is 6.44. The molecule has 0 fully saturated rings. The van der Waals surface area contributed by atoms with E-state index in [2.05, 4.69) is 19.2 Å². The molecule has 0 saturated carbocycles. The van der Waals surface area contributed by atoms with E-state index in [1.807, 2.05) is 0 Å². The predicted molar refractivity (Wildman–Crippen MR) is 75.4 cm³/mol. The molecule has 0 unspecified atom stereocenters. The van der Waals surface area contributed by atoms with Crippen molar-refractivity contribution in [2.75, 3.05) is 26.7 Å². The summed E-state index contributed by atoms with van der Waals surface area (Å²) in [4.78, 5) is 1.80. The van der Waals surface area contributed by atoms with Gasteiger partial charge in [0.1, 0.15) is 5.82 Å². The van der Waals surface area contributed by atoms with Crippen LogP contribution in [0.5, 0.6) is 0 Å². The summed E-state index contributed by atoms with van der Waals surface area (Å²) in [5.74, 6) is -0.0683. The van der Waals surface area contributed by atoms with Crippen LogP contribution in [0.4, 0.5) is 17.6 Å². The fourth-order valence-corrected chi connectivity index (χ4v) is 1.90. The number of hydrogen-bond acceptors (Lipinski definition) is 2. The summed E-state index contributed by atoms with van der Waals surface area (Å²) in [6, 6.07) is 2.53. The van der Waals surface area contributed by atoms with Gasteiger partial charge in [0.05, 0.1) is 5.56 Å². The Morgan fingerprint density at radius 3 is 2.48 bits per heavy atom. The average Bonchev–Trinajstić information content (AvgIpc) is 2.36. The van der Waals surface area contributed by atoms with Gasteiger partial charge in [0.15, 0.2) is 0 Å². The first-order valence-corrected chi connectivity index (χ1v) is 6.95. The van der Waals surface area contributed by atoms with Crippen molar-refractivity contribution in [1.82, 2.24) is 10.2 Å². The van der Waals surface area contributed by atoms with Crippen molar-refractivity contribution in [3.05, 3.63) is 35.1 Å². The van der Waals surface area contributed by atoms with Crippen molar-refractivity contribution in [1.29, 1.82) is 0 Å². The molecule has 1 aromatic carbocycles. The number of nitrogens with one attached hydrogen (secondary N) is 1. The monoisotopic (exact) mass is 306 g/mol. The predicted octanol–water partition coefficient (Wildman–Crippen LogP) is 3.52. The second-order valence-electron chi connectivity index (χ2n) is 5.64. The molecule has 1 aromatic rings. The summed E-state index contributed by atoms with van der Waals surface area (Å²) in [7, 11) is 1.76. The molecule has 21 heavy (non-hydrogen) atoms. The molecule has 0 aliphatic rings. The van der Waals surface area contributed by atoms with Crippen LogP contribution < -0.4 is 5.32 Å². The second-order valence-corrected chi connectivity index (χ2v) is 5.64. The summed E-state index contributed by atoms with van der Waals surface area (Å²) in [5.41, 5.74) is -0.749. The zero-order chi connectivity index (χ0) is 16.0. The van der Waals surface area contributed by atoms with Gasteiger partial charge in [0, 0.05) is 25.2 Å². The lowest BCUT2D eigenvalue weighted by atomic mass is 10.1. The van der Waals surface area contributed by atoms with Crippen LogP contribution in [-0.4, -0.2) is 31.6 Å². The minimum Gasteiger partial charge on any atom is -0.315 e. The van der Waals surface area contributed by atoms with Crippen LogP contribution in [0.15, 0.2) is 18.2 Å². The molecule has 2 nitrogen and oxygen atoms in total. The Kier molecular flexibility index (Phi) is 6.61. The van der Waals surface area contributed by atoms with E-state index in [4.69, 9.17) is 0 Å². The van der Waals surface area contributed by atoms with Crippen molar-refractivity contribution in [2.24, 2.45) is 5.92 Å². The SMILES string of the molecule is CC(C)CNCCN(C)Cc1cc(C(F)(F)F)ccc1F. The molecule has 0 atom stereocenters. The van der Waals surface area contributed by atoms with Crippen LogP contribution in [0, 0.1) is 11.7 Å². The first-order valence-electron chi connectivity index (χ1n) is 6.95. The Morgan fingerprint density at radius 2 is 1.90 bits per heavy atom. The maximum absolute atomic E-state index is 13.6. The molecule has 0 amide bonds. The van der Waals surface area contributed by atoms with Crippen molar-refractivity contribution in [3.8, 4) is 0 Å². The Balaban J connectivity index is 2.57. The lowest BCUT2D eigenvalue weighted by molar-refractivity contribution is -0.137. The smallest absolute Gasteiger partial charge is 0.315 e. The summed E-state index contributed by atoms with van der Waals surface area (Å²) < 4.78 is 51.4. The summed E-state index contributed by atoms with van der Waals surface area (Å²) in [6.07, 6.45) is -4.44. The van der Waals surface area contributed by atoms with Gasteiger partial charge in [-0.3, -0.25) is 0 Å². The van der Waals surface area contributed by atoms with Gasteiger partial charge in [-0.2, -0.15) is 13.2 Å². The molecule has 0 bridgehead atoms. The Morgan fingerprint density at radius 1 is 1.24 bits per heavy atom. The third-order valence-electron chi connectivity index (χ3n) is 3.04. The molecule has 0 radical (unpaired) electrons. The number of nitrogens with zero attached hydrogens (tertiary/aromatic N) is 1. The largest absolute Gasteiger partial charge is 0.416 e. The second kappa shape index (κ2) is 7.75. The lowest BCUT2D eigenvalue weighted by Crippen LogP contribution is -2.31. The summed E-state index contributed by atoms with van der Waals surface area (Å²) in [6.45, 7) is 6.58. The molecule has 0 heterocycles. The number of rotatable bonds is 7. The first-order chi connectivity index (χ1) is 9.70. The molecular formula is C15H22F4N2. The average molecular weight is 306 g/mol. The van der Waals surface area contributed by atoms with E-state index < -0.39 is 17.6 Å². The minimum absolute atomic E-state index is 0.0659.